The minimum Gasteiger partial charge on any atom is -0.491 e. The lowest BCUT2D eigenvalue weighted by Crippen LogP contribution is -2.40. The van der Waals surface area contributed by atoms with Crippen molar-refractivity contribution in [1.82, 2.24) is 15.1 Å². The van der Waals surface area contributed by atoms with Crippen molar-refractivity contribution >= 4 is 22.3 Å². The molecule has 0 saturated carbocycles. The molecule has 2 saturated heterocycles. The van der Waals surface area contributed by atoms with Gasteiger partial charge in [0.05, 0.1) is 37.2 Å². The van der Waals surface area contributed by atoms with Gasteiger partial charge in [-0.2, -0.15) is 5.10 Å². The predicted octanol–water partition coefficient (Wildman–Crippen LogP) is 7.09. The molecule has 7 nitrogen and oxygen atoms in total. The van der Waals surface area contributed by atoms with E-state index in [1.165, 1.54) is 0 Å². The molecule has 2 fully saturated rings. The zero-order chi connectivity index (χ0) is 29.8. The maximum Gasteiger partial charge on any atom is 0.276 e. The number of aryl methyl sites for hydroxylation is 1. The van der Waals surface area contributed by atoms with E-state index in [0.29, 0.717) is 38.5 Å². The highest BCUT2D eigenvalue weighted by Gasteiger charge is 2.42. The summed E-state index contributed by atoms with van der Waals surface area (Å²) in [7, 11) is 0. The average Bonchev–Trinajstić information content (AvgIpc) is 3.03. The molecule has 7 heterocycles. The standard InChI is InChI=1S/C34H45F2N5O2/c1-24-26-9-8-10-28(21-26)34(35,36)27-11-14-40(15-12-27)13-6-4-3-5-7-18-43-32-23-29-25(2)38-39-33(37-24)30(29)22-31(32)41-16-19-42-20-17-41/h8-10,21-24,27H,3-7,11-20H2,1-2H3,(H,37,39)/t24-/m1/s1. The van der Waals surface area contributed by atoms with Crippen molar-refractivity contribution in [3.63, 3.8) is 0 Å². The van der Waals surface area contributed by atoms with Crippen LogP contribution < -0.4 is 15.0 Å². The van der Waals surface area contributed by atoms with Crippen molar-refractivity contribution < 1.29 is 18.3 Å². The molecule has 43 heavy (non-hydrogen) atoms. The number of aromatic nitrogens is 2. The molecule has 0 aliphatic carbocycles. The Hall–Kier alpha value is -3.04. The molecule has 0 unspecified atom stereocenters. The molecule has 6 aliphatic heterocycles. The predicted molar refractivity (Wildman–Crippen MR) is 167 cm³/mol. The number of piperidine rings is 1. The number of nitrogens with one attached hydrogen (secondary N) is 1. The lowest BCUT2D eigenvalue weighted by molar-refractivity contribution is -0.0855. The Morgan fingerprint density at radius 1 is 0.860 bits per heavy atom. The number of hydrogen-bond donors (Lipinski definition) is 1. The van der Waals surface area contributed by atoms with Gasteiger partial charge in [0.2, 0.25) is 0 Å². The van der Waals surface area contributed by atoms with Crippen LogP contribution in [0.1, 0.15) is 74.7 Å². The molecule has 6 aliphatic rings. The van der Waals surface area contributed by atoms with Crippen LogP contribution in [0.3, 0.4) is 0 Å². The highest BCUT2D eigenvalue weighted by Crippen LogP contribution is 2.43. The highest BCUT2D eigenvalue weighted by atomic mass is 19.3. The number of ether oxygens (including phenoxy) is 2. The number of anilines is 2. The summed E-state index contributed by atoms with van der Waals surface area (Å²) in [5.41, 5.74) is 2.76. The minimum atomic E-state index is -2.86. The summed E-state index contributed by atoms with van der Waals surface area (Å²) in [6.07, 6.45) is 6.60. The van der Waals surface area contributed by atoms with Crippen molar-refractivity contribution in [3.8, 4) is 5.75 Å². The summed E-state index contributed by atoms with van der Waals surface area (Å²) in [6.45, 7) is 10.0. The first-order valence-electron chi connectivity index (χ1n) is 16.1. The second kappa shape index (κ2) is 13.3. The molecule has 1 aromatic heterocycles. The fourth-order valence-corrected chi connectivity index (χ4v) is 6.78. The summed E-state index contributed by atoms with van der Waals surface area (Å²) in [6, 6.07) is 10.9. The summed E-state index contributed by atoms with van der Waals surface area (Å²) in [4.78, 5) is 4.69. The van der Waals surface area contributed by atoms with Crippen molar-refractivity contribution in [3.05, 3.63) is 53.2 Å². The molecule has 9 heteroatoms. The second-order valence-corrected chi connectivity index (χ2v) is 12.4. The Kier molecular flexibility index (Phi) is 9.28. The van der Waals surface area contributed by atoms with Crippen LogP contribution in [0.15, 0.2) is 36.4 Å². The van der Waals surface area contributed by atoms with Gasteiger partial charge < -0.3 is 24.6 Å². The van der Waals surface area contributed by atoms with Crippen LogP contribution in [0.2, 0.25) is 0 Å². The van der Waals surface area contributed by atoms with Gasteiger partial charge >= 0.3 is 0 Å². The Bertz CT molecular complexity index is 1390. The van der Waals surface area contributed by atoms with Crippen LogP contribution >= 0.6 is 0 Å². The van der Waals surface area contributed by atoms with Crippen LogP contribution in [-0.2, 0) is 10.7 Å². The molecule has 2 aromatic carbocycles. The van der Waals surface area contributed by atoms with Gasteiger partial charge in [0, 0.05) is 35.3 Å². The Morgan fingerprint density at radius 2 is 1.63 bits per heavy atom. The monoisotopic (exact) mass is 593 g/mol. The van der Waals surface area contributed by atoms with Gasteiger partial charge in [0.15, 0.2) is 5.82 Å². The van der Waals surface area contributed by atoms with Gasteiger partial charge in [0.1, 0.15) is 5.75 Å². The third kappa shape index (κ3) is 6.73. The van der Waals surface area contributed by atoms with Crippen LogP contribution in [0, 0.1) is 12.8 Å². The van der Waals surface area contributed by atoms with Gasteiger partial charge in [-0.1, -0.05) is 37.5 Å². The van der Waals surface area contributed by atoms with Crippen molar-refractivity contribution in [2.45, 2.75) is 70.8 Å². The van der Waals surface area contributed by atoms with E-state index in [1.54, 1.807) is 18.2 Å². The maximum atomic E-state index is 15.9. The fourth-order valence-electron chi connectivity index (χ4n) is 6.78. The molecule has 3 aromatic rings. The summed E-state index contributed by atoms with van der Waals surface area (Å²) < 4.78 is 43.8. The largest absolute Gasteiger partial charge is 0.491 e. The number of nitrogens with zero attached hydrogens (tertiary/aromatic N) is 4. The van der Waals surface area contributed by atoms with Gasteiger partial charge in [-0.3, -0.25) is 0 Å². The van der Waals surface area contributed by atoms with E-state index in [9.17, 15) is 0 Å². The topological polar surface area (TPSA) is 62.8 Å². The Balaban J connectivity index is 1.35. The number of benzene rings is 2. The van der Waals surface area contributed by atoms with E-state index in [4.69, 9.17) is 9.47 Å². The average molecular weight is 594 g/mol. The molecular weight excluding hydrogens is 548 g/mol. The molecule has 0 amide bonds. The second-order valence-electron chi connectivity index (χ2n) is 12.4. The van der Waals surface area contributed by atoms with E-state index < -0.39 is 11.8 Å². The fraction of sp³-hybridized carbons (Fsp3) is 0.588. The minimum absolute atomic E-state index is 0.103. The van der Waals surface area contributed by atoms with Crippen LogP contribution in [0.25, 0.3) is 10.8 Å². The van der Waals surface area contributed by atoms with Gasteiger partial charge in [0.25, 0.3) is 5.92 Å². The van der Waals surface area contributed by atoms with Crippen LogP contribution in [0.5, 0.6) is 5.75 Å². The van der Waals surface area contributed by atoms with Crippen molar-refractivity contribution in [2.24, 2.45) is 5.92 Å². The summed E-state index contributed by atoms with van der Waals surface area (Å²) >= 11 is 0. The third-order valence-electron chi connectivity index (χ3n) is 9.50. The van der Waals surface area contributed by atoms with E-state index >= 15 is 8.78 Å². The first-order valence-corrected chi connectivity index (χ1v) is 16.1. The normalized spacial score (nSPS) is 25.4. The number of hydrogen-bond acceptors (Lipinski definition) is 7. The quantitative estimate of drug-likeness (QED) is 0.323. The van der Waals surface area contributed by atoms with Gasteiger partial charge in [-0.25, -0.2) is 8.78 Å². The molecule has 1 atom stereocenters. The number of morpholine rings is 1. The molecule has 1 N–H and O–H groups in total. The Labute approximate surface area is 253 Å². The lowest BCUT2D eigenvalue weighted by Gasteiger charge is -2.36. The molecule has 0 spiro atoms. The zero-order valence-electron chi connectivity index (χ0n) is 25.6. The lowest BCUT2D eigenvalue weighted by atomic mass is 9.85. The number of halogens is 2. The van der Waals surface area contributed by atoms with E-state index in [2.05, 4.69) is 37.4 Å². The SMILES string of the molecule is Cc1nnc2c3cc(N4CCOCC4)c(cc13)OCCCCCCCN1CCC(CC1)C(F)(F)c1cccc(c1)[C@@H](C)N2. The Morgan fingerprint density at radius 3 is 2.44 bits per heavy atom. The first kappa shape index (κ1) is 30.0. The molecular formula is C34H45F2N5O2. The van der Waals surface area contributed by atoms with Gasteiger partial charge in [-0.15, -0.1) is 5.10 Å². The van der Waals surface area contributed by atoms with E-state index in [0.717, 1.165) is 98.3 Å². The smallest absolute Gasteiger partial charge is 0.276 e. The first-order chi connectivity index (χ1) is 20.9. The summed E-state index contributed by atoms with van der Waals surface area (Å²) in [5.74, 6) is -2.00. The maximum absolute atomic E-state index is 15.9. The summed E-state index contributed by atoms with van der Waals surface area (Å²) in [5, 5.41) is 14.4. The highest BCUT2D eigenvalue weighted by molar-refractivity contribution is 5.97. The van der Waals surface area contributed by atoms with Crippen molar-refractivity contribution in [1.29, 1.82) is 0 Å². The molecule has 0 radical (unpaired) electrons. The zero-order valence-corrected chi connectivity index (χ0v) is 25.6. The number of alkyl halides is 2. The molecule has 232 valence electrons. The van der Waals surface area contributed by atoms with Crippen molar-refractivity contribution in [2.75, 3.05) is 62.8 Å². The molecule has 8 bridgehead atoms. The number of rotatable bonds is 1. The van der Waals surface area contributed by atoms with E-state index in [1.807, 2.05) is 19.9 Å². The van der Waals surface area contributed by atoms with Gasteiger partial charge in [-0.05, 0) is 82.9 Å². The van der Waals surface area contributed by atoms with Crippen LogP contribution in [-0.4, -0.2) is 67.6 Å². The van der Waals surface area contributed by atoms with Crippen LogP contribution in [0.4, 0.5) is 20.3 Å². The molecule has 9 rings (SSSR count). The third-order valence-corrected chi connectivity index (χ3v) is 9.50. The van der Waals surface area contributed by atoms with E-state index in [-0.39, 0.29) is 11.6 Å².